The maximum atomic E-state index is 11.1. The second-order valence-electron chi connectivity index (χ2n) is 2.64. The molecule has 0 saturated heterocycles. The fourth-order valence-electron chi connectivity index (χ4n) is 1.00. The topological polar surface area (TPSA) is 40.9 Å². The van der Waals surface area contributed by atoms with Gasteiger partial charge in [-0.1, -0.05) is 29.8 Å². The summed E-state index contributed by atoms with van der Waals surface area (Å²) in [4.78, 5) is 11.1. The smallest absolute Gasteiger partial charge is 0.151 e. The van der Waals surface area contributed by atoms with Gasteiger partial charge in [-0.25, -0.2) is 0 Å². The molecular formula is C10H8ClNO. The third-order valence-electron chi connectivity index (χ3n) is 1.62. The van der Waals surface area contributed by atoms with E-state index in [-0.39, 0.29) is 18.6 Å². The molecule has 0 atom stereocenters. The minimum absolute atomic E-state index is 0.0504. The van der Waals surface area contributed by atoms with E-state index < -0.39 is 0 Å². The quantitative estimate of drug-likeness (QED) is 0.740. The fraction of sp³-hybridized carbons (Fsp3) is 0.200. The van der Waals surface area contributed by atoms with Gasteiger partial charge >= 0.3 is 0 Å². The molecule has 2 nitrogen and oxygen atoms in total. The third-order valence-corrected chi connectivity index (χ3v) is 1.99. The van der Waals surface area contributed by atoms with Crippen molar-refractivity contribution in [3.8, 4) is 6.07 Å². The largest absolute Gasteiger partial charge is 0.298 e. The van der Waals surface area contributed by atoms with Crippen molar-refractivity contribution >= 4 is 17.4 Å². The molecule has 0 heterocycles. The van der Waals surface area contributed by atoms with Crippen molar-refractivity contribution in [2.45, 2.75) is 12.8 Å². The summed E-state index contributed by atoms with van der Waals surface area (Å²) in [6, 6.07) is 8.96. The summed E-state index contributed by atoms with van der Waals surface area (Å²) < 4.78 is 0. The molecule has 0 aliphatic rings. The Morgan fingerprint density at radius 1 is 1.46 bits per heavy atom. The lowest BCUT2D eigenvalue weighted by molar-refractivity contribution is -0.117. The number of hydrogen-bond acceptors (Lipinski definition) is 2. The Morgan fingerprint density at radius 3 is 2.77 bits per heavy atom. The average molecular weight is 194 g/mol. The van der Waals surface area contributed by atoms with Gasteiger partial charge in [0.15, 0.2) is 5.78 Å². The molecular weight excluding hydrogens is 186 g/mol. The molecule has 1 rings (SSSR count). The van der Waals surface area contributed by atoms with E-state index in [9.17, 15) is 4.79 Å². The van der Waals surface area contributed by atoms with Crippen LogP contribution in [0.5, 0.6) is 0 Å². The average Bonchev–Trinajstić information content (AvgIpc) is 2.09. The van der Waals surface area contributed by atoms with Crippen molar-refractivity contribution in [1.82, 2.24) is 0 Å². The number of benzene rings is 1. The molecule has 0 saturated carbocycles. The van der Waals surface area contributed by atoms with Gasteiger partial charge in [-0.15, -0.1) is 0 Å². The second-order valence-corrected chi connectivity index (χ2v) is 3.05. The minimum atomic E-state index is -0.101. The number of Topliss-reactive ketones (excluding diaryl/α,β-unsaturated/α-hetero) is 1. The van der Waals surface area contributed by atoms with Crippen LogP contribution in [0.4, 0.5) is 0 Å². The number of hydrogen-bond donors (Lipinski definition) is 0. The zero-order valence-electron chi connectivity index (χ0n) is 6.96. The zero-order valence-corrected chi connectivity index (χ0v) is 7.71. The molecule has 0 radical (unpaired) electrons. The van der Waals surface area contributed by atoms with Crippen molar-refractivity contribution in [1.29, 1.82) is 5.26 Å². The van der Waals surface area contributed by atoms with Gasteiger partial charge in [0.1, 0.15) is 0 Å². The van der Waals surface area contributed by atoms with Crippen LogP contribution < -0.4 is 0 Å². The van der Waals surface area contributed by atoms with E-state index in [2.05, 4.69) is 0 Å². The van der Waals surface area contributed by atoms with E-state index in [0.29, 0.717) is 5.02 Å². The van der Waals surface area contributed by atoms with Crippen LogP contribution in [0, 0.1) is 11.3 Å². The molecule has 0 aliphatic carbocycles. The Kier molecular flexibility index (Phi) is 3.48. The predicted octanol–water partition coefficient (Wildman–Crippen LogP) is 2.37. The Balaban J connectivity index is 2.70. The highest BCUT2D eigenvalue weighted by Crippen LogP contribution is 2.15. The minimum Gasteiger partial charge on any atom is -0.298 e. The molecule has 1 aromatic rings. The van der Waals surface area contributed by atoms with Gasteiger partial charge in [0.25, 0.3) is 0 Å². The van der Waals surface area contributed by atoms with Crippen LogP contribution in [0.25, 0.3) is 0 Å². The summed E-state index contributed by atoms with van der Waals surface area (Å²) in [7, 11) is 0. The van der Waals surface area contributed by atoms with E-state index in [1.54, 1.807) is 18.2 Å². The lowest BCUT2D eigenvalue weighted by Gasteiger charge is -1.99. The van der Waals surface area contributed by atoms with Crippen LogP contribution in [0.3, 0.4) is 0 Å². The molecule has 0 unspecified atom stereocenters. The van der Waals surface area contributed by atoms with E-state index in [1.165, 1.54) is 0 Å². The summed E-state index contributed by atoms with van der Waals surface area (Å²) in [5.74, 6) is -0.101. The molecule has 0 aliphatic heterocycles. The van der Waals surface area contributed by atoms with E-state index in [0.717, 1.165) is 5.56 Å². The van der Waals surface area contributed by atoms with Crippen LogP contribution in [0.2, 0.25) is 5.02 Å². The predicted molar refractivity (Wildman–Crippen MR) is 50.4 cm³/mol. The Bertz CT molecular complexity index is 354. The molecule has 66 valence electrons. The summed E-state index contributed by atoms with van der Waals surface area (Å²) in [5.41, 5.74) is 0.782. The summed E-state index contributed by atoms with van der Waals surface area (Å²) in [6.45, 7) is 0. The highest BCUT2D eigenvalue weighted by atomic mass is 35.5. The molecule has 3 heteroatoms. The summed E-state index contributed by atoms with van der Waals surface area (Å²) in [6.07, 6.45) is 0.193. The van der Waals surface area contributed by atoms with Crippen LogP contribution in [0.1, 0.15) is 12.0 Å². The maximum absolute atomic E-state index is 11.1. The number of nitriles is 1. The van der Waals surface area contributed by atoms with E-state index in [1.807, 2.05) is 12.1 Å². The highest BCUT2D eigenvalue weighted by Gasteiger charge is 2.05. The van der Waals surface area contributed by atoms with Gasteiger partial charge in [-0.3, -0.25) is 4.79 Å². The van der Waals surface area contributed by atoms with Crippen molar-refractivity contribution in [3.63, 3.8) is 0 Å². The number of nitrogens with zero attached hydrogens (tertiary/aromatic N) is 1. The first-order chi connectivity index (χ1) is 6.24. The molecule has 0 bridgehead atoms. The number of rotatable bonds is 3. The first kappa shape index (κ1) is 9.76. The number of halogens is 1. The lowest BCUT2D eigenvalue weighted by atomic mass is 10.1. The van der Waals surface area contributed by atoms with Crippen molar-refractivity contribution in [2.75, 3.05) is 0 Å². The van der Waals surface area contributed by atoms with E-state index >= 15 is 0 Å². The fourth-order valence-corrected chi connectivity index (χ4v) is 1.21. The number of ketones is 1. The number of carbonyl (C=O) groups is 1. The third kappa shape index (κ3) is 2.89. The molecule has 0 aromatic heterocycles. The van der Waals surface area contributed by atoms with Crippen LogP contribution >= 0.6 is 11.6 Å². The molecule has 0 N–H and O–H groups in total. The highest BCUT2D eigenvalue weighted by molar-refractivity contribution is 6.31. The standard InChI is InChI=1S/C10H8ClNO/c11-10-4-2-1-3-8(10)7-9(13)5-6-12/h1-4H,5,7H2. The molecule has 0 amide bonds. The molecule has 0 spiro atoms. The normalized spacial score (nSPS) is 9.23. The van der Waals surface area contributed by atoms with Crippen molar-refractivity contribution in [3.05, 3.63) is 34.9 Å². The number of carbonyl (C=O) groups excluding carboxylic acids is 1. The lowest BCUT2D eigenvalue weighted by Crippen LogP contribution is -2.01. The van der Waals surface area contributed by atoms with Crippen LogP contribution in [-0.4, -0.2) is 5.78 Å². The van der Waals surface area contributed by atoms with Crippen LogP contribution in [-0.2, 0) is 11.2 Å². The van der Waals surface area contributed by atoms with E-state index in [4.69, 9.17) is 16.9 Å². The monoisotopic (exact) mass is 193 g/mol. The Hall–Kier alpha value is -1.33. The summed E-state index contributed by atoms with van der Waals surface area (Å²) >= 11 is 5.83. The van der Waals surface area contributed by atoms with Gasteiger partial charge in [-0.05, 0) is 11.6 Å². The SMILES string of the molecule is N#CCC(=O)Cc1ccccc1Cl. The Morgan fingerprint density at radius 2 is 2.15 bits per heavy atom. The van der Waals surface area contributed by atoms with Crippen LogP contribution in [0.15, 0.2) is 24.3 Å². The van der Waals surface area contributed by atoms with Gasteiger partial charge in [0, 0.05) is 11.4 Å². The molecule has 13 heavy (non-hydrogen) atoms. The van der Waals surface area contributed by atoms with Gasteiger partial charge < -0.3 is 0 Å². The maximum Gasteiger partial charge on any atom is 0.151 e. The molecule has 0 fully saturated rings. The van der Waals surface area contributed by atoms with Gasteiger partial charge in [0.2, 0.25) is 0 Å². The Labute approximate surface area is 81.7 Å². The van der Waals surface area contributed by atoms with Gasteiger partial charge in [-0.2, -0.15) is 5.26 Å². The first-order valence-corrected chi connectivity index (χ1v) is 4.24. The first-order valence-electron chi connectivity index (χ1n) is 3.86. The summed E-state index contributed by atoms with van der Waals surface area (Å²) in [5, 5.41) is 8.86. The van der Waals surface area contributed by atoms with Gasteiger partial charge in [0.05, 0.1) is 12.5 Å². The molecule has 1 aromatic carbocycles. The van der Waals surface area contributed by atoms with Crippen molar-refractivity contribution < 1.29 is 4.79 Å². The van der Waals surface area contributed by atoms with Crippen molar-refractivity contribution in [2.24, 2.45) is 0 Å². The zero-order chi connectivity index (χ0) is 9.68. The second kappa shape index (κ2) is 4.64.